The Morgan fingerprint density at radius 3 is 2.25 bits per heavy atom. The van der Waals surface area contributed by atoms with Crippen molar-refractivity contribution in [3.63, 3.8) is 0 Å². The van der Waals surface area contributed by atoms with Crippen LogP contribution >= 0.6 is 0 Å². The van der Waals surface area contributed by atoms with Gasteiger partial charge in [0.05, 0.1) is 12.7 Å². The standard InChI is InChI=1S/C26H28O14/c1-9-17(31)20(34)24(40-25-21(35)18(32)14(30)8-36-25)26(37-9)39-23-19(33)16-13(29)6-12(28)7-15(16)38-22(23)10-2-4-11(27)5-3-10/h2-7,9,14,17-18,20-21,24-32,34-35H,8H2,1H3/t9-,14+,17-,18+,20+,21+,24-,25+,26-/m0/s1. The summed E-state index contributed by atoms with van der Waals surface area (Å²) in [5.74, 6) is -1.80. The zero-order chi connectivity index (χ0) is 28.9. The summed E-state index contributed by atoms with van der Waals surface area (Å²) in [5.41, 5.74) is -0.852. The molecule has 40 heavy (non-hydrogen) atoms. The lowest BCUT2D eigenvalue weighted by Gasteiger charge is -2.44. The second kappa shape index (κ2) is 10.8. The van der Waals surface area contributed by atoms with Crippen LogP contribution in [0.4, 0.5) is 0 Å². The van der Waals surface area contributed by atoms with Gasteiger partial charge in [0.2, 0.25) is 17.5 Å². The van der Waals surface area contributed by atoms with Crippen molar-refractivity contribution in [3.05, 3.63) is 46.6 Å². The molecule has 2 aliphatic heterocycles. The van der Waals surface area contributed by atoms with Crippen molar-refractivity contribution in [1.29, 1.82) is 0 Å². The van der Waals surface area contributed by atoms with Crippen LogP contribution in [0.1, 0.15) is 6.92 Å². The molecule has 5 rings (SSSR count). The number of benzene rings is 2. The number of hydrogen-bond donors (Lipinski definition) is 8. The first-order valence-corrected chi connectivity index (χ1v) is 12.3. The summed E-state index contributed by atoms with van der Waals surface area (Å²) in [5, 5.41) is 81.1. The molecule has 9 atom stereocenters. The lowest BCUT2D eigenvalue weighted by Crippen LogP contribution is -2.62. The molecule has 2 aromatic carbocycles. The number of aromatic hydroxyl groups is 3. The molecule has 2 fully saturated rings. The summed E-state index contributed by atoms with van der Waals surface area (Å²) in [7, 11) is 0. The molecule has 0 amide bonds. The topological polar surface area (TPSA) is 229 Å². The molecule has 2 saturated heterocycles. The predicted octanol–water partition coefficient (Wildman–Crippen LogP) is -0.754. The zero-order valence-electron chi connectivity index (χ0n) is 20.9. The maximum absolute atomic E-state index is 13.6. The predicted molar refractivity (Wildman–Crippen MR) is 133 cm³/mol. The molecule has 3 heterocycles. The second-order valence-corrected chi connectivity index (χ2v) is 9.63. The van der Waals surface area contributed by atoms with Crippen molar-refractivity contribution >= 4 is 11.0 Å². The molecule has 1 aromatic heterocycles. The fourth-order valence-electron chi connectivity index (χ4n) is 4.59. The number of ether oxygens (including phenoxy) is 4. The number of fused-ring (bicyclic) bond motifs is 1. The van der Waals surface area contributed by atoms with Gasteiger partial charge in [-0.15, -0.1) is 0 Å². The number of aliphatic hydroxyl groups excluding tert-OH is 5. The van der Waals surface area contributed by atoms with Gasteiger partial charge < -0.3 is 64.2 Å². The summed E-state index contributed by atoms with van der Waals surface area (Å²) in [6, 6.07) is 7.48. The van der Waals surface area contributed by atoms with Gasteiger partial charge in [-0.1, -0.05) is 0 Å². The van der Waals surface area contributed by atoms with Gasteiger partial charge in [-0.2, -0.15) is 0 Å². The van der Waals surface area contributed by atoms with E-state index in [2.05, 4.69) is 0 Å². The Balaban J connectivity index is 1.59. The normalized spacial score (nSPS) is 32.7. The van der Waals surface area contributed by atoms with Crippen LogP contribution in [0.25, 0.3) is 22.3 Å². The van der Waals surface area contributed by atoms with Gasteiger partial charge in [-0.25, -0.2) is 0 Å². The van der Waals surface area contributed by atoms with E-state index in [1.165, 1.54) is 31.2 Å². The van der Waals surface area contributed by atoms with Gasteiger partial charge in [-0.05, 0) is 31.2 Å². The summed E-state index contributed by atoms with van der Waals surface area (Å²) < 4.78 is 28.4. The minimum Gasteiger partial charge on any atom is -0.508 e. The van der Waals surface area contributed by atoms with E-state index in [4.69, 9.17) is 23.4 Å². The molecule has 8 N–H and O–H groups in total. The Morgan fingerprint density at radius 2 is 1.55 bits per heavy atom. The summed E-state index contributed by atoms with van der Waals surface area (Å²) in [6.07, 6.45) is -13.9. The number of rotatable bonds is 5. The number of aliphatic hydroxyl groups is 5. The van der Waals surface area contributed by atoms with Crippen LogP contribution in [0, 0.1) is 0 Å². The molecule has 2 aliphatic rings. The van der Waals surface area contributed by atoms with E-state index in [1.54, 1.807) is 0 Å². The fourth-order valence-corrected chi connectivity index (χ4v) is 4.59. The van der Waals surface area contributed by atoms with E-state index in [1.807, 2.05) is 0 Å². The summed E-state index contributed by atoms with van der Waals surface area (Å²) in [4.78, 5) is 13.6. The van der Waals surface area contributed by atoms with E-state index < -0.39 is 78.8 Å². The Labute approximate surface area is 225 Å². The van der Waals surface area contributed by atoms with Crippen LogP contribution in [0.2, 0.25) is 0 Å². The van der Waals surface area contributed by atoms with Crippen LogP contribution in [0.5, 0.6) is 23.0 Å². The highest BCUT2D eigenvalue weighted by Gasteiger charge is 2.49. The maximum atomic E-state index is 13.6. The molecule has 0 bridgehead atoms. The van der Waals surface area contributed by atoms with Crippen LogP contribution in [-0.2, 0) is 14.2 Å². The highest BCUT2D eigenvalue weighted by molar-refractivity contribution is 5.88. The third-order valence-electron chi connectivity index (χ3n) is 6.81. The van der Waals surface area contributed by atoms with Crippen molar-refractivity contribution in [2.24, 2.45) is 0 Å². The zero-order valence-corrected chi connectivity index (χ0v) is 20.9. The van der Waals surface area contributed by atoms with Gasteiger partial charge in [0.15, 0.2) is 18.2 Å². The highest BCUT2D eigenvalue weighted by Crippen LogP contribution is 2.38. The molecule has 0 radical (unpaired) electrons. The Kier molecular flexibility index (Phi) is 7.60. The number of hydrogen-bond acceptors (Lipinski definition) is 14. The van der Waals surface area contributed by atoms with Crippen molar-refractivity contribution in [2.75, 3.05) is 6.61 Å². The molecule has 0 saturated carbocycles. The molecule has 0 spiro atoms. The Hall–Kier alpha value is -3.47. The Bertz CT molecular complexity index is 1420. The molecular formula is C26H28O14. The van der Waals surface area contributed by atoms with Crippen LogP contribution in [0.15, 0.2) is 45.6 Å². The van der Waals surface area contributed by atoms with Crippen molar-refractivity contribution in [3.8, 4) is 34.3 Å². The van der Waals surface area contributed by atoms with E-state index in [0.29, 0.717) is 0 Å². The first kappa shape index (κ1) is 28.1. The smallest absolute Gasteiger partial charge is 0.239 e. The first-order chi connectivity index (χ1) is 19.0. The first-order valence-electron chi connectivity index (χ1n) is 12.3. The largest absolute Gasteiger partial charge is 0.508 e. The average Bonchev–Trinajstić information content (AvgIpc) is 2.91. The minimum atomic E-state index is -1.75. The van der Waals surface area contributed by atoms with Gasteiger partial charge in [0, 0.05) is 17.7 Å². The number of phenols is 3. The third-order valence-corrected chi connectivity index (χ3v) is 6.81. The van der Waals surface area contributed by atoms with Crippen molar-refractivity contribution in [1.82, 2.24) is 0 Å². The van der Waals surface area contributed by atoms with Gasteiger partial charge >= 0.3 is 0 Å². The van der Waals surface area contributed by atoms with E-state index >= 15 is 0 Å². The highest BCUT2D eigenvalue weighted by atomic mass is 16.8. The minimum absolute atomic E-state index is 0.0852. The SMILES string of the molecule is C[C@@H]1O[C@@H](Oc2c(-c3ccc(O)cc3)oc3cc(O)cc(O)c3c2=O)[C@@H](O[C@H]2OC[C@@H](O)[C@@H](O)[C@H]2O)[C@H](O)[C@H]1O. The third kappa shape index (κ3) is 5.07. The van der Waals surface area contributed by atoms with Gasteiger partial charge in [0.1, 0.15) is 58.7 Å². The number of phenolic OH excluding ortho intramolecular Hbond substituents is 3. The van der Waals surface area contributed by atoms with E-state index in [-0.39, 0.29) is 33.8 Å². The summed E-state index contributed by atoms with van der Waals surface area (Å²) in [6.45, 7) is 1.01. The quantitative estimate of drug-likeness (QED) is 0.191. The Morgan fingerprint density at radius 1 is 0.850 bits per heavy atom. The molecule has 216 valence electrons. The monoisotopic (exact) mass is 564 g/mol. The second-order valence-electron chi connectivity index (χ2n) is 9.63. The fraction of sp³-hybridized carbons (Fsp3) is 0.423. The lowest BCUT2D eigenvalue weighted by atomic mass is 9.99. The molecule has 0 unspecified atom stereocenters. The van der Waals surface area contributed by atoms with Crippen LogP contribution < -0.4 is 10.2 Å². The van der Waals surface area contributed by atoms with Crippen molar-refractivity contribution < 1.29 is 64.2 Å². The van der Waals surface area contributed by atoms with E-state index in [9.17, 15) is 45.6 Å². The molecular weight excluding hydrogens is 536 g/mol. The lowest BCUT2D eigenvalue weighted by molar-refractivity contribution is -0.341. The summed E-state index contributed by atoms with van der Waals surface area (Å²) >= 11 is 0. The van der Waals surface area contributed by atoms with Crippen LogP contribution in [-0.4, -0.2) is 103 Å². The van der Waals surface area contributed by atoms with Gasteiger partial charge in [0.25, 0.3) is 0 Å². The van der Waals surface area contributed by atoms with Crippen molar-refractivity contribution in [2.45, 2.75) is 62.2 Å². The van der Waals surface area contributed by atoms with E-state index in [0.717, 1.165) is 12.1 Å². The maximum Gasteiger partial charge on any atom is 0.239 e. The molecule has 0 aliphatic carbocycles. The molecule has 14 heteroatoms. The average molecular weight is 564 g/mol. The molecule has 3 aromatic rings. The van der Waals surface area contributed by atoms with Gasteiger partial charge in [-0.3, -0.25) is 4.79 Å². The molecule has 14 nitrogen and oxygen atoms in total. The van der Waals surface area contributed by atoms with Crippen LogP contribution in [0.3, 0.4) is 0 Å².